The predicted octanol–water partition coefficient (Wildman–Crippen LogP) is 9.54. The van der Waals surface area contributed by atoms with Gasteiger partial charge in [-0.05, 0) is 60.6 Å². The van der Waals surface area contributed by atoms with Crippen molar-refractivity contribution < 1.29 is 69.1 Å². The summed E-state index contributed by atoms with van der Waals surface area (Å²) in [5.74, 6) is -32.7. The largest absolute Gasteiger partial charge is 0.460 e. The van der Waals surface area contributed by atoms with Gasteiger partial charge in [0.15, 0.2) is 0 Å². The molecule has 0 atom stereocenters. The van der Waals surface area contributed by atoms with Crippen LogP contribution in [-0.4, -0.2) is 43.5 Å². The molecule has 44 heavy (non-hydrogen) atoms. The number of hydrogen-bond acceptors (Lipinski definition) is 3. The Morgan fingerprint density at radius 3 is 1.18 bits per heavy atom. The van der Waals surface area contributed by atoms with Crippen LogP contribution in [0.1, 0.15) is 11.1 Å². The van der Waals surface area contributed by atoms with Crippen molar-refractivity contribution >= 4 is 20.4 Å². The minimum atomic E-state index is -8.32. The van der Waals surface area contributed by atoms with E-state index in [-0.39, 0.29) is 14.7 Å². The van der Waals surface area contributed by atoms with Crippen LogP contribution in [0.5, 0.6) is 0 Å². The third-order valence-corrected chi connectivity index (χ3v) is 11.4. The zero-order valence-electron chi connectivity index (χ0n) is 22.0. The van der Waals surface area contributed by atoms with Crippen LogP contribution in [0.3, 0.4) is 0 Å². The molecule has 0 N–H and O–H groups in total. The van der Waals surface area contributed by atoms with E-state index in [9.17, 15) is 56.7 Å². The van der Waals surface area contributed by atoms with Crippen molar-refractivity contribution in [1.82, 2.24) is 0 Å². The SMILES string of the molecule is Cc1ccc(S(OS(=O)(=O)C(F)(F)C(F)(F)C(F)(F)C(F)(F)C(F)(F)C(F)(F)F)(c2ccccc2)c2ccc(C)cc2)cc1. The van der Waals surface area contributed by atoms with Gasteiger partial charge in [0.1, 0.15) is 0 Å². The van der Waals surface area contributed by atoms with Crippen LogP contribution in [0.25, 0.3) is 0 Å². The fourth-order valence-corrected chi connectivity index (χ4v) is 8.88. The molecule has 0 spiro atoms. The minimum Gasteiger partial charge on any atom is -0.202 e. The second-order valence-electron chi connectivity index (χ2n) is 9.33. The lowest BCUT2D eigenvalue weighted by molar-refractivity contribution is -0.433. The van der Waals surface area contributed by atoms with E-state index in [1.54, 1.807) is 0 Å². The number of alkyl halides is 13. The number of hydrogen-bond donors (Lipinski definition) is 0. The fourth-order valence-electron chi connectivity index (χ4n) is 3.69. The third-order valence-electron chi connectivity index (χ3n) is 6.19. The Bertz CT molecular complexity index is 1530. The molecule has 3 aromatic rings. The summed E-state index contributed by atoms with van der Waals surface area (Å²) in [4.78, 5) is -1.00. The highest BCUT2D eigenvalue weighted by atomic mass is 32.3. The van der Waals surface area contributed by atoms with Crippen molar-refractivity contribution in [3.05, 3.63) is 90.0 Å². The van der Waals surface area contributed by atoms with Gasteiger partial charge in [-0.1, -0.05) is 53.6 Å². The van der Waals surface area contributed by atoms with Gasteiger partial charge in [0, 0.05) is 14.7 Å². The average molecular weight is 691 g/mol. The van der Waals surface area contributed by atoms with Crippen molar-refractivity contribution in [2.45, 2.75) is 63.7 Å². The van der Waals surface area contributed by atoms with E-state index in [4.69, 9.17) is 3.63 Å². The molecule has 0 amide bonds. The van der Waals surface area contributed by atoms with E-state index >= 15 is 8.78 Å². The first-order valence-electron chi connectivity index (χ1n) is 11.7. The van der Waals surface area contributed by atoms with Gasteiger partial charge < -0.3 is 0 Å². The Balaban J connectivity index is 2.34. The van der Waals surface area contributed by atoms with Gasteiger partial charge in [0.2, 0.25) is 0 Å². The van der Waals surface area contributed by atoms with Crippen LogP contribution in [0.15, 0.2) is 93.5 Å². The van der Waals surface area contributed by atoms with E-state index in [0.29, 0.717) is 11.1 Å². The number of aryl methyl sites for hydroxylation is 2. The number of rotatable bonds is 10. The standard InChI is InChI=1S/C26H19F13O3S2/c1-16-8-12-19(13-9-16)43(18-6-4-3-5-7-18,20-14-10-17(2)11-15-20)42-44(40,41)26(38,39)24(33,34)22(29,30)21(27,28)23(31,32)25(35,36)37/h3-15H,1-2H3. The molecule has 3 nitrogen and oxygen atoms in total. The molecule has 0 aliphatic heterocycles. The Labute approximate surface area is 243 Å². The van der Waals surface area contributed by atoms with Gasteiger partial charge in [0.05, 0.1) is 0 Å². The van der Waals surface area contributed by atoms with E-state index in [1.165, 1.54) is 56.3 Å². The Morgan fingerprint density at radius 2 is 0.818 bits per heavy atom. The Morgan fingerprint density at radius 1 is 0.477 bits per heavy atom. The van der Waals surface area contributed by atoms with Crippen LogP contribution < -0.4 is 0 Å². The molecule has 0 radical (unpaired) electrons. The van der Waals surface area contributed by atoms with Gasteiger partial charge in [-0.2, -0.15) is 65.5 Å². The molecule has 18 heteroatoms. The third kappa shape index (κ3) is 5.31. The first-order valence-corrected chi connectivity index (χ1v) is 14.7. The van der Waals surface area contributed by atoms with Crippen molar-refractivity contribution in [3.63, 3.8) is 0 Å². The summed E-state index contributed by atoms with van der Waals surface area (Å²) < 4.78 is 210. The van der Waals surface area contributed by atoms with Crippen LogP contribution in [-0.2, 0) is 13.7 Å². The zero-order valence-corrected chi connectivity index (χ0v) is 23.6. The molecule has 0 saturated heterocycles. The second kappa shape index (κ2) is 11.1. The maximum absolute atomic E-state index is 15.1. The van der Waals surface area contributed by atoms with Gasteiger partial charge in [-0.3, -0.25) is 0 Å². The van der Waals surface area contributed by atoms with Crippen LogP contribution >= 0.6 is 10.3 Å². The Kier molecular flexibility index (Phi) is 8.97. The maximum Gasteiger partial charge on any atom is 0.460 e. The Hall–Kier alpha value is -2.99. The van der Waals surface area contributed by atoms with Crippen molar-refractivity contribution in [3.8, 4) is 0 Å². The normalized spacial score (nSPS) is 14.9. The summed E-state index contributed by atoms with van der Waals surface area (Å²) in [7, 11) is -11.9. The average Bonchev–Trinajstić information content (AvgIpc) is 2.92. The van der Waals surface area contributed by atoms with E-state index in [2.05, 4.69) is 0 Å². The zero-order chi connectivity index (χ0) is 33.8. The van der Waals surface area contributed by atoms with E-state index < -0.39 is 55.5 Å². The fraction of sp³-hybridized carbons (Fsp3) is 0.308. The first-order chi connectivity index (χ1) is 19.8. The van der Waals surface area contributed by atoms with E-state index in [1.807, 2.05) is 0 Å². The second-order valence-corrected chi connectivity index (χ2v) is 13.8. The lowest BCUT2D eigenvalue weighted by Gasteiger charge is -2.42. The van der Waals surface area contributed by atoms with Gasteiger partial charge in [0.25, 0.3) is 0 Å². The van der Waals surface area contributed by atoms with Gasteiger partial charge in [-0.15, -0.1) is 0 Å². The topological polar surface area (TPSA) is 43.4 Å². The predicted molar refractivity (Wildman–Crippen MR) is 132 cm³/mol. The van der Waals surface area contributed by atoms with Crippen LogP contribution in [0.2, 0.25) is 0 Å². The quantitative estimate of drug-likeness (QED) is 0.199. The highest BCUT2D eigenvalue weighted by Gasteiger charge is 2.93. The molecule has 3 rings (SSSR count). The molecule has 0 aliphatic rings. The van der Waals surface area contributed by atoms with Gasteiger partial charge in [-0.25, -0.2) is 3.63 Å². The lowest BCUT2D eigenvalue weighted by Crippen LogP contribution is -2.71. The summed E-state index contributed by atoms with van der Waals surface area (Å²) in [5, 5.41) is -7.53. The molecule has 0 bridgehead atoms. The van der Waals surface area contributed by atoms with Crippen LogP contribution in [0, 0.1) is 13.8 Å². The summed E-state index contributed by atoms with van der Waals surface area (Å²) in [6.45, 7) is 3.06. The summed E-state index contributed by atoms with van der Waals surface area (Å²) in [6, 6.07) is 15.6. The molecular weight excluding hydrogens is 671 g/mol. The first kappa shape index (κ1) is 35.5. The molecule has 0 unspecified atom stereocenters. The molecule has 244 valence electrons. The number of benzene rings is 3. The lowest BCUT2D eigenvalue weighted by atomic mass is 9.98. The van der Waals surface area contributed by atoms with Crippen molar-refractivity contribution in [1.29, 1.82) is 0 Å². The summed E-state index contributed by atoms with van der Waals surface area (Å²) >= 11 is 0. The van der Waals surface area contributed by atoms with Gasteiger partial charge >= 0.3 is 45.2 Å². The molecule has 0 heterocycles. The monoisotopic (exact) mass is 690 g/mol. The van der Waals surface area contributed by atoms with Crippen molar-refractivity contribution in [2.24, 2.45) is 0 Å². The van der Waals surface area contributed by atoms with Crippen molar-refractivity contribution in [2.75, 3.05) is 0 Å². The highest BCUT2D eigenvalue weighted by Crippen LogP contribution is 2.71. The smallest absolute Gasteiger partial charge is 0.202 e. The maximum atomic E-state index is 15.1. The van der Waals surface area contributed by atoms with Crippen LogP contribution in [0.4, 0.5) is 57.1 Å². The molecule has 3 aromatic carbocycles. The highest BCUT2D eigenvalue weighted by molar-refractivity contribution is 8.33. The summed E-state index contributed by atoms with van der Waals surface area (Å²) in [5.41, 5.74) is 0.984. The summed E-state index contributed by atoms with van der Waals surface area (Å²) in [6.07, 6.45) is -7.65. The molecule has 0 saturated carbocycles. The molecule has 0 fully saturated rings. The molecular formula is C26H19F13O3S2. The number of halogens is 13. The van der Waals surface area contributed by atoms with E-state index in [0.717, 1.165) is 36.4 Å². The molecule has 0 aromatic heterocycles. The minimum absolute atomic E-state index is 0.332. The molecule has 0 aliphatic carbocycles.